The Hall–Kier alpha value is -1.95. The number of rotatable bonds is 3. The van der Waals surface area contributed by atoms with Crippen LogP contribution in [0, 0.1) is 5.82 Å². The van der Waals surface area contributed by atoms with E-state index in [-0.39, 0.29) is 24.8 Å². The first kappa shape index (κ1) is 16.9. The summed E-state index contributed by atoms with van der Waals surface area (Å²) in [5, 5.41) is 16.0. The number of anilines is 1. The Kier molecular flexibility index (Phi) is 4.85. The number of carbonyl (C=O) groups is 2. The van der Waals surface area contributed by atoms with E-state index >= 15 is 0 Å². The normalized spacial score (nSPS) is 22.9. The second-order valence-corrected chi connectivity index (χ2v) is 6.89. The van der Waals surface area contributed by atoms with Gasteiger partial charge in [-0.25, -0.2) is 4.39 Å². The van der Waals surface area contributed by atoms with Gasteiger partial charge >= 0.3 is 0 Å². The van der Waals surface area contributed by atoms with Gasteiger partial charge in [-0.15, -0.1) is 0 Å². The van der Waals surface area contributed by atoms with Crippen LogP contribution in [0.25, 0.3) is 0 Å². The van der Waals surface area contributed by atoms with Gasteiger partial charge in [0.15, 0.2) is 0 Å². The highest BCUT2D eigenvalue weighted by atomic mass is 19.1. The third-order valence-electron chi connectivity index (χ3n) is 5.00. The van der Waals surface area contributed by atoms with Crippen molar-refractivity contribution in [2.24, 2.45) is 0 Å². The molecule has 1 saturated carbocycles. The number of halogens is 1. The Morgan fingerprint density at radius 2 is 2.00 bits per heavy atom. The van der Waals surface area contributed by atoms with Crippen LogP contribution in [-0.4, -0.2) is 29.1 Å². The van der Waals surface area contributed by atoms with Crippen LogP contribution in [-0.2, 0) is 9.59 Å². The smallest absolute Gasteiger partial charge is 0.228 e. The molecule has 0 radical (unpaired) electrons. The lowest BCUT2D eigenvalue weighted by atomic mass is 9.89. The number of nitrogens with one attached hydrogen (secondary N) is 2. The molecule has 1 unspecified atom stereocenters. The van der Waals surface area contributed by atoms with Crippen LogP contribution in [0.5, 0.6) is 0 Å². The van der Waals surface area contributed by atoms with Crippen LogP contribution in [0.4, 0.5) is 10.1 Å². The summed E-state index contributed by atoms with van der Waals surface area (Å²) >= 11 is 0. The summed E-state index contributed by atoms with van der Waals surface area (Å²) in [6, 6.07) is 4.05. The maximum absolute atomic E-state index is 13.3. The first-order valence-corrected chi connectivity index (χ1v) is 8.56. The molecule has 5 nitrogen and oxygen atoms in total. The first-order valence-electron chi connectivity index (χ1n) is 8.56. The fourth-order valence-electron chi connectivity index (χ4n) is 3.61. The van der Waals surface area contributed by atoms with E-state index in [1.165, 1.54) is 18.2 Å². The standard InChI is InChI=1S/C18H23FN2O3/c19-12-5-6-13-14(10-16(22)21-15(13)9-12)17(23)20-11-18(24)7-3-1-2-4-8-18/h5-6,9,14,24H,1-4,7-8,10-11H2,(H,20,23)(H,21,22). The highest BCUT2D eigenvalue weighted by Crippen LogP contribution is 2.33. The zero-order valence-corrected chi connectivity index (χ0v) is 13.6. The lowest BCUT2D eigenvalue weighted by Crippen LogP contribution is -2.45. The van der Waals surface area contributed by atoms with Crippen molar-refractivity contribution in [1.29, 1.82) is 0 Å². The van der Waals surface area contributed by atoms with Gasteiger partial charge in [0.05, 0.1) is 11.5 Å². The zero-order valence-electron chi connectivity index (χ0n) is 13.6. The molecule has 1 atom stereocenters. The Morgan fingerprint density at radius 1 is 1.29 bits per heavy atom. The fourth-order valence-corrected chi connectivity index (χ4v) is 3.61. The predicted octanol–water partition coefficient (Wildman–Crippen LogP) is 2.45. The minimum absolute atomic E-state index is 0.0306. The van der Waals surface area contributed by atoms with Gasteiger partial charge in [-0.2, -0.15) is 0 Å². The van der Waals surface area contributed by atoms with Gasteiger partial charge in [-0.3, -0.25) is 9.59 Å². The van der Waals surface area contributed by atoms with Gasteiger partial charge in [0, 0.05) is 18.7 Å². The monoisotopic (exact) mass is 334 g/mol. The molecule has 2 amide bonds. The van der Waals surface area contributed by atoms with E-state index < -0.39 is 17.3 Å². The van der Waals surface area contributed by atoms with Gasteiger partial charge in [0.25, 0.3) is 0 Å². The summed E-state index contributed by atoms with van der Waals surface area (Å²) in [7, 11) is 0. The number of amides is 2. The van der Waals surface area contributed by atoms with Crippen LogP contribution >= 0.6 is 0 Å². The van der Waals surface area contributed by atoms with Crippen LogP contribution in [0.2, 0.25) is 0 Å². The molecular weight excluding hydrogens is 311 g/mol. The van der Waals surface area contributed by atoms with Gasteiger partial charge in [0.1, 0.15) is 5.82 Å². The summed E-state index contributed by atoms with van der Waals surface area (Å²) < 4.78 is 13.3. The van der Waals surface area contributed by atoms with Crippen molar-refractivity contribution >= 4 is 17.5 Å². The summed E-state index contributed by atoms with van der Waals surface area (Å²) in [6.07, 6.45) is 5.53. The molecule has 2 aliphatic rings. The molecule has 0 aromatic heterocycles. The number of hydrogen-bond acceptors (Lipinski definition) is 3. The number of hydrogen-bond donors (Lipinski definition) is 3. The molecule has 130 valence electrons. The van der Waals surface area contributed by atoms with Gasteiger partial charge in [-0.1, -0.05) is 31.7 Å². The average molecular weight is 334 g/mol. The highest BCUT2D eigenvalue weighted by Gasteiger charge is 2.33. The first-order chi connectivity index (χ1) is 11.5. The molecule has 0 saturated heterocycles. The average Bonchev–Trinajstić information content (AvgIpc) is 2.76. The molecule has 3 N–H and O–H groups in total. The van der Waals surface area contributed by atoms with Crippen molar-refractivity contribution in [2.45, 2.75) is 56.5 Å². The number of carbonyl (C=O) groups excluding carboxylic acids is 2. The molecule has 1 heterocycles. The molecule has 1 aliphatic heterocycles. The predicted molar refractivity (Wildman–Crippen MR) is 88.0 cm³/mol. The van der Waals surface area contributed by atoms with E-state index in [2.05, 4.69) is 10.6 Å². The van der Waals surface area contributed by atoms with Gasteiger partial charge in [-0.05, 0) is 30.5 Å². The number of fused-ring (bicyclic) bond motifs is 1. The molecule has 1 fully saturated rings. The summed E-state index contributed by atoms with van der Waals surface area (Å²) in [5.74, 6) is -1.71. The Morgan fingerprint density at radius 3 is 2.71 bits per heavy atom. The second-order valence-electron chi connectivity index (χ2n) is 6.89. The largest absolute Gasteiger partial charge is 0.388 e. The third-order valence-corrected chi connectivity index (χ3v) is 5.00. The van der Waals surface area contributed by atoms with E-state index in [4.69, 9.17) is 0 Å². The van der Waals surface area contributed by atoms with Crippen molar-refractivity contribution in [1.82, 2.24) is 5.32 Å². The lowest BCUT2D eigenvalue weighted by Gasteiger charge is -2.29. The van der Waals surface area contributed by atoms with E-state index in [0.717, 1.165) is 25.7 Å². The van der Waals surface area contributed by atoms with Gasteiger partial charge < -0.3 is 15.7 Å². The minimum atomic E-state index is -0.866. The minimum Gasteiger partial charge on any atom is -0.388 e. The van der Waals surface area contributed by atoms with Crippen LogP contribution in [0.1, 0.15) is 56.4 Å². The number of aliphatic hydroxyl groups is 1. The van der Waals surface area contributed by atoms with E-state index in [9.17, 15) is 19.1 Å². The summed E-state index contributed by atoms with van der Waals surface area (Å²) in [4.78, 5) is 24.4. The summed E-state index contributed by atoms with van der Waals surface area (Å²) in [6.45, 7) is 0.195. The van der Waals surface area contributed by atoms with Crippen molar-refractivity contribution < 1.29 is 19.1 Å². The molecule has 24 heavy (non-hydrogen) atoms. The van der Waals surface area contributed by atoms with Crippen LogP contribution in [0.15, 0.2) is 18.2 Å². The Balaban J connectivity index is 1.70. The van der Waals surface area contributed by atoms with Crippen molar-refractivity contribution in [3.8, 4) is 0 Å². The SMILES string of the molecule is O=C1CC(C(=O)NCC2(O)CCCCCC2)c2ccc(F)cc2N1. The van der Waals surface area contributed by atoms with E-state index in [1.807, 2.05) is 0 Å². The van der Waals surface area contributed by atoms with E-state index in [0.29, 0.717) is 24.1 Å². The van der Waals surface area contributed by atoms with Crippen molar-refractivity contribution in [2.75, 3.05) is 11.9 Å². The Labute approximate surface area is 140 Å². The molecular formula is C18H23FN2O3. The highest BCUT2D eigenvalue weighted by molar-refractivity contribution is 6.01. The topological polar surface area (TPSA) is 78.4 Å². The summed E-state index contributed by atoms with van der Waals surface area (Å²) in [5.41, 5.74) is 0.0928. The quantitative estimate of drug-likeness (QED) is 0.743. The maximum Gasteiger partial charge on any atom is 0.228 e. The maximum atomic E-state index is 13.3. The second kappa shape index (κ2) is 6.89. The zero-order chi connectivity index (χ0) is 17.2. The van der Waals surface area contributed by atoms with E-state index in [1.54, 1.807) is 0 Å². The van der Waals surface area contributed by atoms with Crippen LogP contribution < -0.4 is 10.6 Å². The number of benzene rings is 1. The molecule has 1 aromatic rings. The molecule has 1 aromatic carbocycles. The van der Waals surface area contributed by atoms with Crippen LogP contribution in [0.3, 0.4) is 0 Å². The van der Waals surface area contributed by atoms with Gasteiger partial charge in [0.2, 0.25) is 11.8 Å². The lowest BCUT2D eigenvalue weighted by molar-refractivity contribution is -0.127. The fraction of sp³-hybridized carbons (Fsp3) is 0.556. The third kappa shape index (κ3) is 3.75. The molecule has 1 aliphatic carbocycles. The molecule has 6 heteroatoms. The molecule has 0 spiro atoms. The Bertz CT molecular complexity index is 639. The van der Waals surface area contributed by atoms with Crippen molar-refractivity contribution in [3.63, 3.8) is 0 Å². The molecule has 3 rings (SSSR count). The van der Waals surface area contributed by atoms with Crippen molar-refractivity contribution in [3.05, 3.63) is 29.6 Å². The molecule has 0 bridgehead atoms.